The summed E-state index contributed by atoms with van der Waals surface area (Å²) < 4.78 is 11.3. The molecule has 1 aliphatic heterocycles. The van der Waals surface area contributed by atoms with Crippen molar-refractivity contribution in [2.24, 2.45) is 4.99 Å². The van der Waals surface area contributed by atoms with Crippen LogP contribution in [-0.2, 0) is 9.47 Å². The van der Waals surface area contributed by atoms with E-state index in [0.29, 0.717) is 6.61 Å². The summed E-state index contributed by atoms with van der Waals surface area (Å²) in [5.74, 6) is 0.853. The van der Waals surface area contributed by atoms with E-state index in [1.807, 2.05) is 25.2 Å². The fraction of sp³-hybridized carbons (Fsp3) is 0.533. The summed E-state index contributed by atoms with van der Waals surface area (Å²) in [5, 5.41) is 3.14. The topological polar surface area (TPSA) is 42.9 Å². The van der Waals surface area contributed by atoms with Crippen molar-refractivity contribution in [2.75, 3.05) is 27.3 Å². The van der Waals surface area contributed by atoms with Crippen molar-refractivity contribution in [3.8, 4) is 0 Å². The second-order valence-electron chi connectivity index (χ2n) is 4.70. The standard InChI is InChI=1S/C15H22N2O2/c1-16-10-6-9-14-17-13(11-18-2)15(19-14)12-7-4-3-5-8-12/h3-5,7-8,13,15-16H,6,9-11H2,1-2H3/t13-,15-/m0/s1. The Morgan fingerprint density at radius 3 is 2.79 bits per heavy atom. The van der Waals surface area contributed by atoms with E-state index in [-0.39, 0.29) is 12.1 Å². The Morgan fingerprint density at radius 1 is 1.32 bits per heavy atom. The lowest BCUT2D eigenvalue weighted by Crippen LogP contribution is -2.19. The van der Waals surface area contributed by atoms with Crippen molar-refractivity contribution in [3.63, 3.8) is 0 Å². The average Bonchev–Trinajstić information content (AvgIpc) is 2.84. The van der Waals surface area contributed by atoms with E-state index >= 15 is 0 Å². The van der Waals surface area contributed by atoms with Crippen molar-refractivity contribution in [3.05, 3.63) is 35.9 Å². The van der Waals surface area contributed by atoms with Gasteiger partial charge in [-0.3, -0.25) is 0 Å². The number of aliphatic imine (C=N–C) groups is 1. The molecule has 1 heterocycles. The second-order valence-corrected chi connectivity index (χ2v) is 4.70. The lowest BCUT2D eigenvalue weighted by Gasteiger charge is -2.17. The van der Waals surface area contributed by atoms with Gasteiger partial charge in [0.15, 0.2) is 5.90 Å². The molecule has 0 radical (unpaired) electrons. The molecule has 0 fully saturated rings. The molecule has 0 amide bonds. The zero-order valence-electron chi connectivity index (χ0n) is 11.6. The van der Waals surface area contributed by atoms with Gasteiger partial charge in [-0.05, 0) is 25.6 Å². The van der Waals surface area contributed by atoms with E-state index in [1.54, 1.807) is 7.11 Å². The van der Waals surface area contributed by atoms with Gasteiger partial charge in [0.1, 0.15) is 12.1 Å². The highest BCUT2D eigenvalue weighted by Crippen LogP contribution is 2.30. The molecule has 0 saturated heterocycles. The number of hydrogen-bond acceptors (Lipinski definition) is 4. The Bertz CT molecular complexity index is 406. The quantitative estimate of drug-likeness (QED) is 0.766. The zero-order valence-corrected chi connectivity index (χ0v) is 11.6. The van der Waals surface area contributed by atoms with Gasteiger partial charge in [-0.1, -0.05) is 30.3 Å². The number of hydrogen-bond donors (Lipinski definition) is 1. The third-order valence-corrected chi connectivity index (χ3v) is 3.21. The molecule has 19 heavy (non-hydrogen) atoms. The fourth-order valence-electron chi connectivity index (χ4n) is 2.28. The number of benzene rings is 1. The van der Waals surface area contributed by atoms with Gasteiger partial charge in [0, 0.05) is 13.5 Å². The highest BCUT2D eigenvalue weighted by Gasteiger charge is 2.31. The molecule has 4 heteroatoms. The Morgan fingerprint density at radius 2 is 2.11 bits per heavy atom. The first-order valence-electron chi connectivity index (χ1n) is 6.77. The maximum absolute atomic E-state index is 6.00. The molecule has 0 bridgehead atoms. The third kappa shape index (κ3) is 3.78. The van der Waals surface area contributed by atoms with Gasteiger partial charge >= 0.3 is 0 Å². The van der Waals surface area contributed by atoms with Crippen molar-refractivity contribution >= 4 is 5.90 Å². The summed E-state index contributed by atoms with van der Waals surface area (Å²) in [6, 6.07) is 10.3. The number of ether oxygens (including phenoxy) is 2. The van der Waals surface area contributed by atoms with Crippen LogP contribution < -0.4 is 5.32 Å². The highest BCUT2D eigenvalue weighted by molar-refractivity contribution is 5.78. The summed E-state index contributed by atoms with van der Waals surface area (Å²) >= 11 is 0. The average molecular weight is 262 g/mol. The van der Waals surface area contributed by atoms with Gasteiger partial charge in [-0.15, -0.1) is 0 Å². The van der Waals surface area contributed by atoms with Gasteiger partial charge in [0.25, 0.3) is 0 Å². The predicted molar refractivity (Wildman–Crippen MR) is 76.5 cm³/mol. The van der Waals surface area contributed by atoms with Gasteiger partial charge in [0.05, 0.1) is 6.61 Å². The van der Waals surface area contributed by atoms with Gasteiger partial charge in [-0.25, -0.2) is 4.99 Å². The Labute approximate surface area is 114 Å². The molecule has 0 unspecified atom stereocenters. The minimum Gasteiger partial charge on any atom is -0.471 e. The molecular formula is C15H22N2O2. The first-order valence-corrected chi connectivity index (χ1v) is 6.77. The number of nitrogens with zero attached hydrogens (tertiary/aromatic N) is 1. The molecule has 1 aliphatic rings. The van der Waals surface area contributed by atoms with E-state index in [9.17, 15) is 0 Å². The minimum absolute atomic E-state index is 0.00858. The Balaban J connectivity index is 2.01. The molecular weight excluding hydrogens is 240 g/mol. The maximum atomic E-state index is 6.00. The first kappa shape index (κ1) is 14.0. The lowest BCUT2D eigenvalue weighted by molar-refractivity contribution is 0.118. The molecule has 0 spiro atoms. The van der Waals surface area contributed by atoms with Crippen molar-refractivity contribution in [1.29, 1.82) is 0 Å². The van der Waals surface area contributed by atoms with E-state index in [2.05, 4.69) is 22.4 Å². The van der Waals surface area contributed by atoms with Crippen LogP contribution in [0.1, 0.15) is 24.5 Å². The van der Waals surface area contributed by atoms with E-state index in [0.717, 1.165) is 30.8 Å². The molecule has 0 aliphatic carbocycles. The first-order chi connectivity index (χ1) is 9.35. The summed E-state index contributed by atoms with van der Waals surface area (Å²) in [6.07, 6.45) is 1.91. The normalized spacial score (nSPS) is 22.1. The molecule has 0 saturated carbocycles. The van der Waals surface area contributed by atoms with Gasteiger partial charge < -0.3 is 14.8 Å². The summed E-state index contributed by atoms with van der Waals surface area (Å²) in [4.78, 5) is 4.65. The molecule has 2 rings (SSSR count). The Kier molecular flexibility index (Phi) is 5.36. The van der Waals surface area contributed by atoms with Crippen LogP contribution in [-0.4, -0.2) is 39.2 Å². The molecule has 2 atom stereocenters. The Hall–Kier alpha value is -1.39. The largest absolute Gasteiger partial charge is 0.471 e. The van der Waals surface area contributed by atoms with E-state index < -0.39 is 0 Å². The van der Waals surface area contributed by atoms with Crippen LogP contribution in [0.3, 0.4) is 0 Å². The van der Waals surface area contributed by atoms with Crippen molar-refractivity contribution in [1.82, 2.24) is 5.32 Å². The van der Waals surface area contributed by atoms with Gasteiger partial charge in [-0.2, -0.15) is 0 Å². The van der Waals surface area contributed by atoms with E-state index in [4.69, 9.17) is 9.47 Å². The zero-order chi connectivity index (χ0) is 13.5. The lowest BCUT2D eigenvalue weighted by atomic mass is 10.0. The minimum atomic E-state index is -0.00858. The van der Waals surface area contributed by atoms with Crippen LogP contribution in [0.25, 0.3) is 0 Å². The SMILES string of the molecule is CNCCCC1=N[C@@H](COC)[C@H](c2ccccc2)O1. The number of methoxy groups -OCH3 is 1. The summed E-state index contributed by atoms with van der Waals surface area (Å²) in [7, 11) is 3.66. The summed E-state index contributed by atoms with van der Waals surface area (Å²) in [5.41, 5.74) is 1.16. The van der Waals surface area contributed by atoms with Crippen LogP contribution >= 0.6 is 0 Å². The monoisotopic (exact) mass is 262 g/mol. The van der Waals surface area contributed by atoms with Crippen LogP contribution in [0.15, 0.2) is 35.3 Å². The molecule has 1 N–H and O–H groups in total. The van der Waals surface area contributed by atoms with Crippen LogP contribution in [0.4, 0.5) is 0 Å². The molecule has 1 aromatic carbocycles. The highest BCUT2D eigenvalue weighted by atomic mass is 16.5. The summed E-state index contributed by atoms with van der Waals surface area (Å²) in [6.45, 7) is 1.57. The van der Waals surface area contributed by atoms with Crippen LogP contribution in [0.5, 0.6) is 0 Å². The second kappa shape index (κ2) is 7.26. The van der Waals surface area contributed by atoms with Crippen LogP contribution in [0.2, 0.25) is 0 Å². The smallest absolute Gasteiger partial charge is 0.184 e. The fourth-order valence-corrected chi connectivity index (χ4v) is 2.28. The van der Waals surface area contributed by atoms with Crippen molar-refractivity contribution < 1.29 is 9.47 Å². The van der Waals surface area contributed by atoms with Gasteiger partial charge in [0.2, 0.25) is 0 Å². The van der Waals surface area contributed by atoms with Crippen molar-refractivity contribution in [2.45, 2.75) is 25.0 Å². The third-order valence-electron chi connectivity index (χ3n) is 3.21. The maximum Gasteiger partial charge on any atom is 0.184 e. The number of rotatable bonds is 7. The molecule has 4 nitrogen and oxygen atoms in total. The molecule has 104 valence electrons. The molecule has 0 aromatic heterocycles. The molecule has 1 aromatic rings. The van der Waals surface area contributed by atoms with Crippen LogP contribution in [0, 0.1) is 0 Å². The van der Waals surface area contributed by atoms with E-state index in [1.165, 1.54) is 0 Å². The number of nitrogens with one attached hydrogen (secondary N) is 1. The predicted octanol–water partition coefficient (Wildman–Crippen LogP) is 2.17.